The maximum Gasteiger partial charge on any atom is 0.308 e. The highest BCUT2D eigenvalue weighted by Crippen LogP contribution is 2.23. The molecule has 0 spiro atoms. The molecule has 1 N–H and O–H groups in total. The van der Waals surface area contributed by atoms with E-state index in [0.717, 1.165) is 16.0 Å². The van der Waals surface area contributed by atoms with Gasteiger partial charge in [-0.3, -0.25) is 14.2 Å². The standard InChI is InChI=1S/C19H20N2O4S/c1-4-21-16-10-5-13(11-17(16)26-19(21)23)20-18(22)12(2)25-15-8-6-14(24-3)7-9-15/h5-12H,4H2,1-3H3,(H,20,22)/t12-/m1/s1. The van der Waals surface area contributed by atoms with Gasteiger partial charge in [-0.2, -0.15) is 0 Å². The first kappa shape index (κ1) is 18.0. The van der Waals surface area contributed by atoms with E-state index in [0.29, 0.717) is 18.0 Å². The molecule has 1 heterocycles. The van der Waals surface area contributed by atoms with E-state index in [2.05, 4.69) is 5.32 Å². The lowest BCUT2D eigenvalue weighted by Gasteiger charge is -2.15. The molecule has 1 aromatic heterocycles. The molecule has 1 atom stereocenters. The minimum absolute atomic E-state index is 0.00202. The Bertz CT molecular complexity index is 975. The second kappa shape index (κ2) is 7.61. The highest BCUT2D eigenvalue weighted by atomic mass is 32.1. The van der Waals surface area contributed by atoms with Crippen LogP contribution in [0.15, 0.2) is 47.3 Å². The summed E-state index contributed by atoms with van der Waals surface area (Å²) >= 11 is 1.17. The van der Waals surface area contributed by atoms with Crippen LogP contribution in [0.4, 0.5) is 5.69 Å². The molecule has 3 aromatic rings. The SMILES string of the molecule is CCn1c(=O)sc2cc(NC(=O)[C@@H](C)Oc3ccc(OC)cc3)ccc21. The molecule has 1 amide bonds. The van der Waals surface area contributed by atoms with Crippen molar-refractivity contribution >= 4 is 33.1 Å². The number of aryl methyl sites for hydroxylation is 1. The molecule has 0 radical (unpaired) electrons. The minimum atomic E-state index is -0.668. The second-order valence-electron chi connectivity index (χ2n) is 5.72. The van der Waals surface area contributed by atoms with Crippen LogP contribution < -0.4 is 19.7 Å². The summed E-state index contributed by atoms with van der Waals surface area (Å²) in [4.78, 5) is 24.3. The molecular weight excluding hydrogens is 352 g/mol. The average molecular weight is 372 g/mol. The van der Waals surface area contributed by atoms with E-state index in [1.54, 1.807) is 48.9 Å². The van der Waals surface area contributed by atoms with E-state index in [4.69, 9.17) is 9.47 Å². The molecular formula is C19H20N2O4S. The van der Waals surface area contributed by atoms with Gasteiger partial charge in [0.15, 0.2) is 6.10 Å². The number of aromatic nitrogens is 1. The number of amides is 1. The van der Waals surface area contributed by atoms with Crippen molar-refractivity contribution in [2.75, 3.05) is 12.4 Å². The van der Waals surface area contributed by atoms with E-state index in [9.17, 15) is 9.59 Å². The number of methoxy groups -OCH3 is 1. The van der Waals surface area contributed by atoms with Crippen molar-refractivity contribution in [1.29, 1.82) is 0 Å². The topological polar surface area (TPSA) is 69.6 Å². The van der Waals surface area contributed by atoms with Crippen molar-refractivity contribution in [3.63, 3.8) is 0 Å². The summed E-state index contributed by atoms with van der Waals surface area (Å²) in [6.45, 7) is 4.24. The number of ether oxygens (including phenoxy) is 2. The van der Waals surface area contributed by atoms with Gasteiger partial charge in [0.1, 0.15) is 11.5 Å². The maximum absolute atomic E-state index is 12.4. The third-order valence-corrected chi connectivity index (χ3v) is 4.94. The Kier molecular flexibility index (Phi) is 5.27. The first-order chi connectivity index (χ1) is 12.5. The average Bonchev–Trinajstić information content (AvgIpc) is 2.96. The highest BCUT2D eigenvalue weighted by molar-refractivity contribution is 7.16. The zero-order chi connectivity index (χ0) is 18.7. The first-order valence-corrected chi connectivity index (χ1v) is 9.08. The number of benzene rings is 2. The normalized spacial score (nSPS) is 12.0. The minimum Gasteiger partial charge on any atom is -0.497 e. The van der Waals surface area contributed by atoms with Gasteiger partial charge >= 0.3 is 4.87 Å². The van der Waals surface area contributed by atoms with E-state index in [1.165, 1.54) is 11.3 Å². The molecule has 0 bridgehead atoms. The van der Waals surface area contributed by atoms with E-state index in [-0.39, 0.29) is 10.8 Å². The van der Waals surface area contributed by atoms with Gasteiger partial charge in [0.05, 0.1) is 17.3 Å². The molecule has 3 rings (SSSR count). The molecule has 136 valence electrons. The zero-order valence-corrected chi connectivity index (χ0v) is 15.6. The number of nitrogens with zero attached hydrogens (tertiary/aromatic N) is 1. The largest absolute Gasteiger partial charge is 0.497 e. The number of rotatable bonds is 6. The van der Waals surface area contributed by atoms with Crippen LogP contribution in [-0.2, 0) is 11.3 Å². The predicted octanol–water partition coefficient (Wildman–Crippen LogP) is 3.50. The Morgan fingerprint density at radius 3 is 2.54 bits per heavy atom. The molecule has 0 saturated carbocycles. The first-order valence-electron chi connectivity index (χ1n) is 8.26. The summed E-state index contributed by atoms with van der Waals surface area (Å²) in [6.07, 6.45) is -0.668. The van der Waals surface area contributed by atoms with Crippen LogP contribution in [0.5, 0.6) is 11.5 Å². The summed E-state index contributed by atoms with van der Waals surface area (Å²) in [5.41, 5.74) is 1.51. The number of thiazole rings is 1. The Hall–Kier alpha value is -2.80. The van der Waals surface area contributed by atoms with Gasteiger partial charge in [-0.05, 0) is 56.3 Å². The van der Waals surface area contributed by atoms with Crippen LogP contribution in [-0.4, -0.2) is 23.7 Å². The number of anilines is 1. The number of fused-ring (bicyclic) bond motifs is 1. The zero-order valence-electron chi connectivity index (χ0n) is 14.8. The highest BCUT2D eigenvalue weighted by Gasteiger charge is 2.16. The molecule has 2 aromatic carbocycles. The van der Waals surface area contributed by atoms with Gasteiger partial charge in [-0.25, -0.2) is 0 Å². The van der Waals surface area contributed by atoms with Gasteiger partial charge < -0.3 is 14.8 Å². The molecule has 0 aliphatic heterocycles. The van der Waals surface area contributed by atoms with Gasteiger partial charge in [0, 0.05) is 12.2 Å². The monoisotopic (exact) mass is 372 g/mol. The third-order valence-electron chi connectivity index (χ3n) is 3.99. The lowest BCUT2D eigenvalue weighted by atomic mass is 10.2. The van der Waals surface area contributed by atoms with Gasteiger partial charge in [0.25, 0.3) is 5.91 Å². The summed E-state index contributed by atoms with van der Waals surface area (Å²) in [5, 5.41) is 2.83. The predicted molar refractivity (Wildman–Crippen MR) is 103 cm³/mol. The van der Waals surface area contributed by atoms with Crippen molar-refractivity contribution < 1.29 is 14.3 Å². The number of nitrogens with one attached hydrogen (secondary N) is 1. The van der Waals surface area contributed by atoms with Crippen molar-refractivity contribution in [2.24, 2.45) is 0 Å². The van der Waals surface area contributed by atoms with E-state index < -0.39 is 6.10 Å². The van der Waals surface area contributed by atoms with Crippen molar-refractivity contribution in [1.82, 2.24) is 4.57 Å². The Morgan fingerprint density at radius 1 is 1.19 bits per heavy atom. The fraction of sp³-hybridized carbons (Fsp3) is 0.263. The molecule has 26 heavy (non-hydrogen) atoms. The van der Waals surface area contributed by atoms with Gasteiger partial charge in [-0.15, -0.1) is 0 Å². The molecule has 0 aliphatic rings. The van der Waals surface area contributed by atoms with Crippen LogP contribution in [0.1, 0.15) is 13.8 Å². The van der Waals surface area contributed by atoms with Crippen LogP contribution >= 0.6 is 11.3 Å². The summed E-state index contributed by atoms with van der Waals surface area (Å²) in [5.74, 6) is 1.05. The van der Waals surface area contributed by atoms with Crippen molar-refractivity contribution in [2.45, 2.75) is 26.5 Å². The van der Waals surface area contributed by atoms with Crippen LogP contribution in [0, 0.1) is 0 Å². The third kappa shape index (κ3) is 3.72. The summed E-state index contributed by atoms with van der Waals surface area (Å²) in [7, 11) is 1.59. The summed E-state index contributed by atoms with van der Waals surface area (Å²) < 4.78 is 13.3. The molecule has 0 saturated heterocycles. The van der Waals surface area contributed by atoms with Crippen LogP contribution in [0.25, 0.3) is 10.2 Å². The molecule has 0 unspecified atom stereocenters. The number of carbonyl (C=O) groups excluding carboxylic acids is 1. The Morgan fingerprint density at radius 2 is 1.88 bits per heavy atom. The number of carbonyl (C=O) groups is 1. The Balaban J connectivity index is 1.70. The van der Waals surface area contributed by atoms with Crippen molar-refractivity contribution in [3.05, 3.63) is 52.1 Å². The fourth-order valence-electron chi connectivity index (χ4n) is 2.60. The fourth-order valence-corrected chi connectivity index (χ4v) is 3.59. The van der Waals surface area contributed by atoms with Gasteiger partial charge in [0.2, 0.25) is 0 Å². The van der Waals surface area contributed by atoms with E-state index >= 15 is 0 Å². The quantitative estimate of drug-likeness (QED) is 0.719. The lowest BCUT2D eigenvalue weighted by Crippen LogP contribution is -2.30. The number of hydrogen-bond acceptors (Lipinski definition) is 5. The molecule has 7 heteroatoms. The van der Waals surface area contributed by atoms with E-state index in [1.807, 2.05) is 19.1 Å². The second-order valence-corrected chi connectivity index (χ2v) is 6.71. The lowest BCUT2D eigenvalue weighted by molar-refractivity contribution is -0.122. The number of hydrogen-bond donors (Lipinski definition) is 1. The molecule has 0 fully saturated rings. The van der Waals surface area contributed by atoms with Crippen molar-refractivity contribution in [3.8, 4) is 11.5 Å². The molecule has 0 aliphatic carbocycles. The van der Waals surface area contributed by atoms with Crippen LogP contribution in [0.3, 0.4) is 0 Å². The maximum atomic E-state index is 12.4. The Labute approximate surface area is 155 Å². The van der Waals surface area contributed by atoms with Crippen LogP contribution in [0.2, 0.25) is 0 Å². The molecule has 6 nitrogen and oxygen atoms in total. The summed E-state index contributed by atoms with van der Waals surface area (Å²) in [6, 6.07) is 12.5. The van der Waals surface area contributed by atoms with Gasteiger partial charge in [-0.1, -0.05) is 11.3 Å². The smallest absolute Gasteiger partial charge is 0.308 e.